The van der Waals surface area contributed by atoms with Crippen LogP contribution in [0.15, 0.2) is 89.8 Å². The van der Waals surface area contributed by atoms with Crippen molar-refractivity contribution < 1.29 is 13.2 Å². The third kappa shape index (κ3) is 7.50. The molecule has 0 bridgehead atoms. The van der Waals surface area contributed by atoms with Crippen LogP contribution in [0.1, 0.15) is 46.6 Å². The van der Waals surface area contributed by atoms with Crippen LogP contribution in [0.2, 0.25) is 0 Å². The number of benzene rings is 3. The molecule has 44 heavy (non-hydrogen) atoms. The summed E-state index contributed by atoms with van der Waals surface area (Å²) in [6.45, 7) is 4.65. The maximum Gasteiger partial charge on any atom is 0.328 e. The first kappa shape index (κ1) is 30.9. The molecule has 9 nitrogen and oxygen atoms in total. The van der Waals surface area contributed by atoms with Crippen molar-refractivity contribution in [2.24, 2.45) is 5.73 Å². The first-order valence-electron chi connectivity index (χ1n) is 14.8. The first-order valence-corrected chi connectivity index (χ1v) is 16.3. The number of rotatable bonds is 12. The number of urea groups is 1. The van der Waals surface area contributed by atoms with E-state index in [0.29, 0.717) is 13.0 Å². The molecular formula is C34H38N6O3S. The number of hydrogen-bond donors (Lipinski definition) is 3. The van der Waals surface area contributed by atoms with E-state index < -0.39 is 16.1 Å². The summed E-state index contributed by atoms with van der Waals surface area (Å²) < 4.78 is 29.3. The van der Waals surface area contributed by atoms with Gasteiger partial charge in [0.05, 0.1) is 4.90 Å². The average molecular weight is 611 g/mol. The van der Waals surface area contributed by atoms with Crippen molar-refractivity contribution in [1.82, 2.24) is 24.6 Å². The molecule has 5 aromatic rings. The lowest BCUT2D eigenvalue weighted by Crippen LogP contribution is -2.40. The zero-order valence-electron chi connectivity index (χ0n) is 25.1. The highest BCUT2D eigenvalue weighted by atomic mass is 32.2. The maximum atomic E-state index is 12.5. The van der Waals surface area contributed by atoms with Gasteiger partial charge >= 0.3 is 6.03 Å². The summed E-state index contributed by atoms with van der Waals surface area (Å²) in [6.07, 6.45) is 4.48. The fraction of sp³-hybridized carbons (Fsp3) is 0.265. The van der Waals surface area contributed by atoms with Gasteiger partial charge in [0.2, 0.25) is 0 Å². The number of fused-ring (bicyclic) bond motifs is 1. The number of hydrogen-bond acceptors (Lipinski definition) is 6. The number of sulfonamides is 1. The highest BCUT2D eigenvalue weighted by molar-refractivity contribution is 7.90. The third-order valence-corrected chi connectivity index (χ3v) is 8.90. The van der Waals surface area contributed by atoms with Crippen LogP contribution in [-0.4, -0.2) is 35.5 Å². The molecule has 3 aromatic carbocycles. The molecule has 0 fully saturated rings. The maximum absolute atomic E-state index is 12.5. The Morgan fingerprint density at radius 3 is 2.18 bits per heavy atom. The molecule has 2 aromatic heterocycles. The standard InChI is InChI=1S/C34H38N6O3S/c1-24-22-25(2)37-33-32(24)38-31(11-7-6-10-26-8-4-3-5-9-26)40(33)29-16-12-27(13-17-29)20-21-36-34(41)39-44(42,43)30-18-14-28(23-35)15-19-30/h3-5,8-9,12-19,22H,6-7,10-11,20-21,23,35H2,1-2H3,(H2,36,39,41). The quantitative estimate of drug-likeness (QED) is 0.165. The normalized spacial score (nSPS) is 11.5. The second-order valence-corrected chi connectivity index (χ2v) is 12.6. The average Bonchev–Trinajstić information content (AvgIpc) is 3.38. The van der Waals surface area contributed by atoms with Crippen LogP contribution in [-0.2, 0) is 35.8 Å². The summed E-state index contributed by atoms with van der Waals surface area (Å²) >= 11 is 0. The second kappa shape index (κ2) is 13.8. The van der Waals surface area contributed by atoms with Crippen LogP contribution in [0.4, 0.5) is 4.79 Å². The number of aryl methyl sites for hydroxylation is 4. The smallest absolute Gasteiger partial charge is 0.328 e. The van der Waals surface area contributed by atoms with E-state index in [1.807, 2.05) is 37.3 Å². The van der Waals surface area contributed by atoms with Gasteiger partial charge in [0.25, 0.3) is 10.0 Å². The topological polar surface area (TPSA) is 132 Å². The Bertz CT molecular complexity index is 1830. The molecule has 5 rings (SSSR count). The van der Waals surface area contributed by atoms with Gasteiger partial charge in [-0.3, -0.25) is 4.57 Å². The number of amides is 2. The second-order valence-electron chi connectivity index (χ2n) is 10.9. The fourth-order valence-electron chi connectivity index (χ4n) is 5.26. The van der Waals surface area contributed by atoms with Crippen molar-refractivity contribution in [1.29, 1.82) is 0 Å². The number of carbonyl (C=O) groups is 1. The Morgan fingerprint density at radius 1 is 0.818 bits per heavy atom. The van der Waals surface area contributed by atoms with Crippen LogP contribution in [0.3, 0.4) is 0 Å². The van der Waals surface area contributed by atoms with E-state index in [2.05, 4.69) is 51.9 Å². The zero-order chi connectivity index (χ0) is 31.1. The van der Waals surface area contributed by atoms with Crippen LogP contribution in [0, 0.1) is 13.8 Å². The largest absolute Gasteiger partial charge is 0.337 e. The number of pyridine rings is 1. The van der Waals surface area contributed by atoms with E-state index in [1.165, 1.54) is 17.7 Å². The minimum absolute atomic E-state index is 0.00269. The molecule has 0 atom stereocenters. The summed E-state index contributed by atoms with van der Waals surface area (Å²) in [7, 11) is -3.98. The SMILES string of the molecule is Cc1cc(C)c2nc(CCCCc3ccccc3)n(-c3ccc(CCNC(=O)NS(=O)(=O)c4ccc(CN)cc4)cc3)c2n1. The third-order valence-electron chi connectivity index (χ3n) is 7.55. The molecule has 0 saturated carbocycles. The van der Waals surface area contributed by atoms with Gasteiger partial charge in [-0.05, 0) is 92.1 Å². The number of nitrogens with two attached hydrogens (primary N) is 1. The molecule has 4 N–H and O–H groups in total. The summed E-state index contributed by atoms with van der Waals surface area (Å²) in [5.74, 6) is 0.985. The molecule has 0 aliphatic carbocycles. The van der Waals surface area contributed by atoms with E-state index in [0.717, 1.165) is 70.7 Å². The predicted molar refractivity (Wildman–Crippen MR) is 173 cm³/mol. The summed E-state index contributed by atoms with van der Waals surface area (Å²) in [5.41, 5.74) is 13.5. The highest BCUT2D eigenvalue weighted by Gasteiger charge is 2.18. The predicted octanol–water partition coefficient (Wildman–Crippen LogP) is 5.29. The van der Waals surface area contributed by atoms with Crippen molar-refractivity contribution in [3.05, 3.63) is 119 Å². The van der Waals surface area contributed by atoms with Gasteiger partial charge in [-0.1, -0.05) is 54.6 Å². The molecule has 2 amide bonds. The minimum atomic E-state index is -3.98. The first-order chi connectivity index (χ1) is 21.2. The molecule has 228 valence electrons. The van der Waals surface area contributed by atoms with Crippen molar-refractivity contribution in [3.63, 3.8) is 0 Å². The highest BCUT2D eigenvalue weighted by Crippen LogP contribution is 2.25. The molecule has 0 saturated heterocycles. The Balaban J connectivity index is 1.23. The number of imidazole rings is 1. The van der Waals surface area contributed by atoms with Gasteiger partial charge < -0.3 is 11.1 Å². The number of nitrogens with zero attached hydrogens (tertiary/aromatic N) is 3. The van der Waals surface area contributed by atoms with Crippen LogP contribution >= 0.6 is 0 Å². The Kier molecular flexibility index (Phi) is 9.72. The van der Waals surface area contributed by atoms with Crippen LogP contribution in [0.5, 0.6) is 0 Å². The van der Waals surface area contributed by atoms with Crippen molar-refractivity contribution in [2.75, 3.05) is 6.54 Å². The minimum Gasteiger partial charge on any atom is -0.337 e. The molecule has 0 unspecified atom stereocenters. The van der Waals surface area contributed by atoms with Crippen molar-refractivity contribution >= 4 is 27.2 Å². The number of carbonyl (C=O) groups excluding carboxylic acids is 1. The Labute approximate surface area is 258 Å². The Hall–Kier alpha value is -4.54. The molecule has 0 radical (unpaired) electrons. The lowest BCUT2D eigenvalue weighted by molar-refractivity contribution is 0.246. The molecule has 0 aliphatic rings. The van der Waals surface area contributed by atoms with Crippen molar-refractivity contribution in [3.8, 4) is 5.69 Å². The molecule has 0 aliphatic heterocycles. The van der Waals surface area contributed by atoms with Gasteiger partial charge in [0.15, 0.2) is 5.65 Å². The molecule has 0 spiro atoms. The van der Waals surface area contributed by atoms with Crippen LogP contribution in [0.25, 0.3) is 16.9 Å². The van der Waals surface area contributed by atoms with Gasteiger partial charge in [0.1, 0.15) is 11.3 Å². The monoisotopic (exact) mass is 610 g/mol. The van der Waals surface area contributed by atoms with Gasteiger partial charge in [-0.15, -0.1) is 0 Å². The van der Waals surface area contributed by atoms with E-state index in [-0.39, 0.29) is 11.4 Å². The van der Waals surface area contributed by atoms with Gasteiger partial charge in [-0.2, -0.15) is 0 Å². The van der Waals surface area contributed by atoms with E-state index in [9.17, 15) is 13.2 Å². The summed E-state index contributed by atoms with van der Waals surface area (Å²) in [5, 5.41) is 2.63. The zero-order valence-corrected chi connectivity index (χ0v) is 25.9. The lowest BCUT2D eigenvalue weighted by atomic mass is 10.1. The molecule has 10 heteroatoms. The summed E-state index contributed by atoms with van der Waals surface area (Å²) in [4.78, 5) is 22.2. The lowest BCUT2D eigenvalue weighted by Gasteiger charge is -2.11. The molecular weight excluding hydrogens is 572 g/mol. The van der Waals surface area contributed by atoms with E-state index >= 15 is 0 Å². The van der Waals surface area contributed by atoms with Crippen molar-refractivity contribution in [2.45, 2.75) is 57.4 Å². The summed E-state index contributed by atoms with van der Waals surface area (Å²) in [6, 6.07) is 26.0. The van der Waals surface area contributed by atoms with E-state index in [4.69, 9.17) is 15.7 Å². The van der Waals surface area contributed by atoms with Gasteiger partial charge in [0, 0.05) is 30.9 Å². The number of unbranched alkanes of at least 4 members (excludes halogenated alkanes) is 1. The molecule has 2 heterocycles. The fourth-order valence-corrected chi connectivity index (χ4v) is 6.18. The van der Waals surface area contributed by atoms with E-state index in [1.54, 1.807) is 12.1 Å². The number of aromatic nitrogens is 3. The van der Waals surface area contributed by atoms with Gasteiger partial charge in [-0.25, -0.2) is 27.9 Å². The van der Waals surface area contributed by atoms with Crippen LogP contribution < -0.4 is 15.8 Å². The Morgan fingerprint density at radius 2 is 1.48 bits per heavy atom. The number of nitrogens with one attached hydrogen (secondary N) is 2.